The van der Waals surface area contributed by atoms with E-state index in [1.165, 1.54) is 12.8 Å². The van der Waals surface area contributed by atoms with Crippen LogP contribution in [-0.2, 0) is 11.2 Å². The number of aliphatic carboxylic acids is 1. The van der Waals surface area contributed by atoms with Gasteiger partial charge in [-0.1, -0.05) is 13.0 Å². The maximum absolute atomic E-state index is 11.8. The summed E-state index contributed by atoms with van der Waals surface area (Å²) in [4.78, 5) is 14.1. The topological polar surface area (TPSA) is 79.2 Å². The molecule has 5 nitrogen and oxygen atoms in total. The number of hydrogen-bond donors (Lipinski definition) is 1. The lowest BCUT2D eigenvalue weighted by atomic mass is 10.0. The molecule has 2 aromatic carbocycles. The van der Waals surface area contributed by atoms with Crippen LogP contribution < -0.4 is 15.3 Å². The minimum Gasteiger partial charge on any atom is -0.548 e. The largest absolute Gasteiger partial charge is 0.548 e. The molecule has 5 heteroatoms. The first-order chi connectivity index (χ1) is 12.6. The molecule has 1 saturated heterocycles. The molecule has 2 aromatic rings. The Kier molecular flexibility index (Phi) is 5.43. The predicted octanol–water partition coefficient (Wildman–Crippen LogP) is 2.62. The third-order valence-corrected chi connectivity index (χ3v) is 4.77. The summed E-state index contributed by atoms with van der Waals surface area (Å²) in [7, 11) is 0. The van der Waals surface area contributed by atoms with Gasteiger partial charge in [-0.05, 0) is 66.8 Å². The average molecular weight is 348 g/mol. The molecule has 0 bridgehead atoms. The Balaban J connectivity index is 1.92. The zero-order valence-corrected chi connectivity index (χ0v) is 14.9. The van der Waals surface area contributed by atoms with Crippen LogP contribution in [0.25, 0.3) is 0 Å². The Labute approximate surface area is 153 Å². The van der Waals surface area contributed by atoms with Crippen LogP contribution in [0.5, 0.6) is 0 Å². The Hall–Kier alpha value is -3.00. The van der Waals surface area contributed by atoms with E-state index < -0.39 is 12.0 Å². The Bertz CT molecular complexity index is 818. The van der Waals surface area contributed by atoms with Gasteiger partial charge in [-0.25, -0.2) is 0 Å². The minimum absolute atomic E-state index is 0.532. The van der Waals surface area contributed by atoms with Crippen LogP contribution in [0.2, 0.25) is 0 Å². The second-order valence-corrected chi connectivity index (χ2v) is 6.57. The van der Waals surface area contributed by atoms with Crippen LogP contribution in [0.3, 0.4) is 0 Å². The van der Waals surface area contributed by atoms with Crippen molar-refractivity contribution in [1.82, 2.24) is 0 Å². The van der Waals surface area contributed by atoms with Crippen LogP contribution >= 0.6 is 0 Å². The minimum atomic E-state index is -1.17. The summed E-state index contributed by atoms with van der Waals surface area (Å²) in [5.41, 5.74) is 4.05. The first-order valence-corrected chi connectivity index (χ1v) is 8.97. The summed E-state index contributed by atoms with van der Waals surface area (Å²) < 4.78 is 0. The van der Waals surface area contributed by atoms with E-state index in [0.717, 1.165) is 30.8 Å². The van der Waals surface area contributed by atoms with Gasteiger partial charge in [-0.3, -0.25) is 0 Å². The second-order valence-electron chi connectivity index (χ2n) is 6.57. The van der Waals surface area contributed by atoms with Crippen molar-refractivity contribution in [2.45, 2.75) is 32.2 Å². The lowest BCUT2D eigenvalue weighted by molar-refractivity contribution is -0.307. The average Bonchev–Trinajstić information content (AvgIpc) is 3.20. The van der Waals surface area contributed by atoms with Crippen molar-refractivity contribution in [2.24, 2.45) is 0 Å². The standard InChI is InChI=1S/C21H23N3O2/c1-2-15-11-17(13-19(12-15)24-9-3-4-10-24)20(21(25)26)23-18-7-5-16(14-22)6-8-18/h5-8,11-13,20,23H,2-4,9-10H2,1H3,(H,25,26)/p-1. The number of anilines is 2. The van der Waals surface area contributed by atoms with Crippen molar-refractivity contribution in [3.8, 4) is 6.07 Å². The van der Waals surface area contributed by atoms with Crippen molar-refractivity contribution in [3.63, 3.8) is 0 Å². The van der Waals surface area contributed by atoms with E-state index in [2.05, 4.69) is 29.3 Å². The fraction of sp³-hybridized carbons (Fsp3) is 0.333. The molecule has 0 aromatic heterocycles. The van der Waals surface area contributed by atoms with Gasteiger partial charge in [0.25, 0.3) is 0 Å². The lowest BCUT2D eigenvalue weighted by Gasteiger charge is -2.25. The van der Waals surface area contributed by atoms with Gasteiger partial charge < -0.3 is 20.1 Å². The number of aryl methyl sites for hydroxylation is 1. The van der Waals surface area contributed by atoms with Crippen LogP contribution in [-0.4, -0.2) is 19.1 Å². The molecule has 0 aliphatic carbocycles. The summed E-state index contributed by atoms with van der Waals surface area (Å²) >= 11 is 0. The normalized spacial score (nSPS) is 14.7. The first-order valence-electron chi connectivity index (χ1n) is 8.97. The molecular formula is C21H22N3O2-. The number of hydrogen-bond acceptors (Lipinski definition) is 5. The molecule has 134 valence electrons. The first kappa shape index (κ1) is 17.8. The Morgan fingerprint density at radius 2 is 1.92 bits per heavy atom. The van der Waals surface area contributed by atoms with E-state index in [9.17, 15) is 9.90 Å². The highest BCUT2D eigenvalue weighted by atomic mass is 16.4. The summed E-state index contributed by atoms with van der Waals surface area (Å²) in [6.07, 6.45) is 3.17. The highest BCUT2D eigenvalue weighted by Crippen LogP contribution is 2.28. The van der Waals surface area contributed by atoms with Crippen molar-refractivity contribution in [1.29, 1.82) is 5.26 Å². The SMILES string of the molecule is CCc1cc(C(Nc2ccc(C#N)cc2)C(=O)[O-])cc(N2CCCC2)c1. The van der Waals surface area contributed by atoms with Gasteiger partial charge in [0, 0.05) is 24.5 Å². The van der Waals surface area contributed by atoms with E-state index in [0.29, 0.717) is 16.8 Å². The molecule has 0 saturated carbocycles. The molecule has 1 aliphatic heterocycles. The van der Waals surface area contributed by atoms with E-state index in [1.54, 1.807) is 24.3 Å². The number of nitriles is 1. The van der Waals surface area contributed by atoms with Gasteiger partial charge in [-0.15, -0.1) is 0 Å². The molecule has 1 atom stereocenters. The number of nitrogens with zero attached hydrogens (tertiary/aromatic N) is 2. The van der Waals surface area contributed by atoms with Gasteiger partial charge in [0.2, 0.25) is 0 Å². The van der Waals surface area contributed by atoms with E-state index in [4.69, 9.17) is 5.26 Å². The summed E-state index contributed by atoms with van der Waals surface area (Å²) in [5, 5.41) is 23.7. The Morgan fingerprint density at radius 3 is 2.50 bits per heavy atom. The Morgan fingerprint density at radius 1 is 1.23 bits per heavy atom. The molecule has 0 spiro atoms. The zero-order valence-electron chi connectivity index (χ0n) is 14.9. The molecule has 3 rings (SSSR count). The third kappa shape index (κ3) is 3.97. The van der Waals surface area contributed by atoms with Crippen LogP contribution in [0.1, 0.15) is 42.5 Å². The fourth-order valence-corrected chi connectivity index (χ4v) is 3.31. The second kappa shape index (κ2) is 7.92. The summed E-state index contributed by atoms with van der Waals surface area (Å²) in [5.74, 6) is -1.17. The molecular weight excluding hydrogens is 326 g/mol. The molecule has 1 aliphatic rings. The smallest absolute Gasteiger partial charge is 0.0991 e. The van der Waals surface area contributed by atoms with Crippen LogP contribution in [0.4, 0.5) is 11.4 Å². The van der Waals surface area contributed by atoms with Gasteiger partial charge >= 0.3 is 0 Å². The molecule has 26 heavy (non-hydrogen) atoms. The fourth-order valence-electron chi connectivity index (χ4n) is 3.31. The molecule has 0 radical (unpaired) electrons. The number of carbonyl (C=O) groups excluding carboxylic acids is 1. The zero-order chi connectivity index (χ0) is 18.5. The maximum Gasteiger partial charge on any atom is 0.0991 e. The van der Waals surface area contributed by atoms with E-state index >= 15 is 0 Å². The number of nitrogens with one attached hydrogen (secondary N) is 1. The number of benzene rings is 2. The number of carbonyl (C=O) groups is 1. The molecule has 1 unspecified atom stereocenters. The third-order valence-electron chi connectivity index (χ3n) is 4.77. The van der Waals surface area contributed by atoms with E-state index in [-0.39, 0.29) is 0 Å². The molecule has 1 heterocycles. The van der Waals surface area contributed by atoms with Crippen LogP contribution in [0.15, 0.2) is 42.5 Å². The predicted molar refractivity (Wildman–Crippen MR) is 99.8 cm³/mol. The number of rotatable bonds is 6. The maximum atomic E-state index is 11.8. The monoisotopic (exact) mass is 348 g/mol. The van der Waals surface area contributed by atoms with Crippen molar-refractivity contribution in [2.75, 3.05) is 23.3 Å². The number of carboxylic acid groups (broad SMARTS) is 1. The van der Waals surface area contributed by atoms with Gasteiger partial charge in [0.05, 0.1) is 23.6 Å². The van der Waals surface area contributed by atoms with Gasteiger partial charge in [-0.2, -0.15) is 5.26 Å². The van der Waals surface area contributed by atoms with E-state index in [1.807, 2.05) is 12.1 Å². The van der Waals surface area contributed by atoms with Crippen LogP contribution in [0, 0.1) is 11.3 Å². The lowest BCUT2D eigenvalue weighted by Crippen LogP contribution is -2.34. The van der Waals surface area contributed by atoms with Gasteiger partial charge in [0.15, 0.2) is 0 Å². The summed E-state index contributed by atoms with van der Waals surface area (Å²) in [6, 6.07) is 13.9. The quantitative estimate of drug-likeness (QED) is 0.868. The highest BCUT2D eigenvalue weighted by molar-refractivity contribution is 5.78. The molecule has 1 fully saturated rings. The van der Waals surface area contributed by atoms with Crippen molar-refractivity contribution < 1.29 is 9.90 Å². The highest BCUT2D eigenvalue weighted by Gasteiger charge is 2.18. The van der Waals surface area contributed by atoms with Crippen molar-refractivity contribution >= 4 is 17.3 Å². The number of carboxylic acids is 1. The van der Waals surface area contributed by atoms with Crippen molar-refractivity contribution in [3.05, 3.63) is 59.2 Å². The van der Waals surface area contributed by atoms with Gasteiger partial charge in [0.1, 0.15) is 0 Å². The summed E-state index contributed by atoms with van der Waals surface area (Å²) in [6.45, 7) is 4.08. The molecule has 1 N–H and O–H groups in total. The molecule has 0 amide bonds.